The Kier molecular flexibility index (Phi) is 7.29. The Labute approximate surface area is 157 Å². The highest BCUT2D eigenvalue weighted by Crippen LogP contribution is 2.17. The lowest BCUT2D eigenvalue weighted by Crippen LogP contribution is -2.51. The number of hydrogen-bond acceptors (Lipinski definition) is 5. The van der Waals surface area contributed by atoms with Crippen molar-refractivity contribution in [3.05, 3.63) is 29.8 Å². The van der Waals surface area contributed by atoms with E-state index in [4.69, 9.17) is 9.47 Å². The van der Waals surface area contributed by atoms with Crippen molar-refractivity contribution in [3.63, 3.8) is 0 Å². The second-order valence-corrected chi connectivity index (χ2v) is 7.76. The van der Waals surface area contributed by atoms with E-state index in [1.54, 1.807) is 12.0 Å². The maximum atomic E-state index is 12.1. The zero-order chi connectivity index (χ0) is 19.2. The predicted molar refractivity (Wildman–Crippen MR) is 104 cm³/mol. The van der Waals surface area contributed by atoms with E-state index in [2.05, 4.69) is 29.3 Å². The van der Waals surface area contributed by atoms with Gasteiger partial charge in [0.15, 0.2) is 0 Å². The van der Waals surface area contributed by atoms with E-state index in [1.165, 1.54) is 5.56 Å². The second kappa shape index (κ2) is 9.24. The number of piperazine rings is 1. The Bertz CT molecular complexity index is 561. The fraction of sp³-hybridized carbons (Fsp3) is 0.650. The van der Waals surface area contributed by atoms with Crippen LogP contribution in [0.25, 0.3) is 0 Å². The molecule has 1 aromatic rings. The smallest absolute Gasteiger partial charge is 0.410 e. The van der Waals surface area contributed by atoms with Crippen LogP contribution in [0, 0.1) is 0 Å². The van der Waals surface area contributed by atoms with Crippen LogP contribution in [0.15, 0.2) is 24.3 Å². The molecule has 0 bridgehead atoms. The Balaban J connectivity index is 1.67. The normalized spacial score (nSPS) is 17.0. The molecule has 1 N–H and O–H groups in total. The van der Waals surface area contributed by atoms with E-state index < -0.39 is 5.60 Å². The summed E-state index contributed by atoms with van der Waals surface area (Å²) in [5.74, 6) is 0.879. The molecule has 1 aliphatic rings. The first-order valence-electron chi connectivity index (χ1n) is 9.36. The third-order valence-corrected chi connectivity index (χ3v) is 4.52. The van der Waals surface area contributed by atoms with Crippen LogP contribution in [-0.2, 0) is 4.74 Å². The van der Waals surface area contributed by atoms with Gasteiger partial charge in [-0.2, -0.15) is 0 Å². The monoisotopic (exact) mass is 363 g/mol. The average Bonchev–Trinajstić information content (AvgIpc) is 2.61. The van der Waals surface area contributed by atoms with Crippen molar-refractivity contribution >= 4 is 6.09 Å². The SMILES string of the molecule is COc1ccc([C@@H](C)NCCN2CCN(C(=O)OC(C)(C)C)CC2)cc1. The lowest BCUT2D eigenvalue weighted by molar-refractivity contribution is 0.0146. The van der Waals surface area contributed by atoms with Crippen LogP contribution in [-0.4, -0.2) is 67.9 Å². The van der Waals surface area contributed by atoms with E-state index >= 15 is 0 Å². The molecule has 26 heavy (non-hydrogen) atoms. The molecule has 1 amide bonds. The number of carbonyl (C=O) groups is 1. The molecule has 0 spiro atoms. The fourth-order valence-electron chi connectivity index (χ4n) is 2.93. The molecule has 2 rings (SSSR count). The maximum absolute atomic E-state index is 12.1. The molecule has 0 radical (unpaired) electrons. The van der Waals surface area contributed by atoms with Gasteiger partial charge in [0.05, 0.1) is 7.11 Å². The number of nitrogens with one attached hydrogen (secondary N) is 1. The van der Waals surface area contributed by atoms with Crippen LogP contribution in [0.5, 0.6) is 5.75 Å². The van der Waals surface area contributed by atoms with Gasteiger partial charge in [-0.25, -0.2) is 4.79 Å². The van der Waals surface area contributed by atoms with Gasteiger partial charge in [-0.3, -0.25) is 4.90 Å². The van der Waals surface area contributed by atoms with E-state index in [1.807, 2.05) is 32.9 Å². The van der Waals surface area contributed by atoms with Crippen molar-refractivity contribution in [1.29, 1.82) is 0 Å². The first-order chi connectivity index (χ1) is 12.3. The van der Waals surface area contributed by atoms with Crippen molar-refractivity contribution in [2.24, 2.45) is 0 Å². The summed E-state index contributed by atoms with van der Waals surface area (Å²) in [5, 5.41) is 3.56. The van der Waals surface area contributed by atoms with E-state index in [9.17, 15) is 4.79 Å². The third kappa shape index (κ3) is 6.50. The molecule has 1 aromatic carbocycles. The number of hydrogen-bond donors (Lipinski definition) is 1. The van der Waals surface area contributed by atoms with Crippen LogP contribution in [0.1, 0.15) is 39.3 Å². The van der Waals surface area contributed by atoms with Crippen molar-refractivity contribution in [2.45, 2.75) is 39.3 Å². The number of methoxy groups -OCH3 is 1. The molecular weight excluding hydrogens is 330 g/mol. The van der Waals surface area contributed by atoms with Gasteiger partial charge in [0.1, 0.15) is 11.4 Å². The lowest BCUT2D eigenvalue weighted by Gasteiger charge is -2.35. The summed E-state index contributed by atoms with van der Waals surface area (Å²) < 4.78 is 10.6. The molecule has 1 fully saturated rings. The summed E-state index contributed by atoms with van der Waals surface area (Å²) in [6, 6.07) is 8.46. The van der Waals surface area contributed by atoms with Gasteiger partial charge in [-0.15, -0.1) is 0 Å². The van der Waals surface area contributed by atoms with Gasteiger partial charge in [-0.05, 0) is 45.4 Å². The van der Waals surface area contributed by atoms with Gasteiger partial charge < -0.3 is 19.7 Å². The van der Waals surface area contributed by atoms with Crippen molar-refractivity contribution in [1.82, 2.24) is 15.1 Å². The minimum Gasteiger partial charge on any atom is -0.497 e. The first-order valence-corrected chi connectivity index (χ1v) is 9.36. The number of benzene rings is 1. The van der Waals surface area contributed by atoms with Crippen molar-refractivity contribution in [2.75, 3.05) is 46.4 Å². The van der Waals surface area contributed by atoms with Crippen LogP contribution >= 0.6 is 0 Å². The van der Waals surface area contributed by atoms with Gasteiger partial charge >= 0.3 is 6.09 Å². The quantitative estimate of drug-likeness (QED) is 0.842. The summed E-state index contributed by atoms with van der Waals surface area (Å²) in [6.07, 6.45) is -0.205. The lowest BCUT2D eigenvalue weighted by atomic mass is 10.1. The number of nitrogens with zero attached hydrogens (tertiary/aromatic N) is 2. The van der Waals surface area contributed by atoms with E-state index in [0.29, 0.717) is 6.04 Å². The highest BCUT2D eigenvalue weighted by molar-refractivity contribution is 5.68. The molecule has 0 aliphatic carbocycles. The topological polar surface area (TPSA) is 54.0 Å². The zero-order valence-electron chi connectivity index (χ0n) is 16.7. The van der Waals surface area contributed by atoms with Gasteiger partial charge in [-0.1, -0.05) is 12.1 Å². The third-order valence-electron chi connectivity index (χ3n) is 4.52. The molecule has 6 nitrogen and oxygen atoms in total. The zero-order valence-corrected chi connectivity index (χ0v) is 16.7. The molecule has 0 saturated carbocycles. The Morgan fingerprint density at radius 3 is 2.31 bits per heavy atom. The second-order valence-electron chi connectivity index (χ2n) is 7.76. The Morgan fingerprint density at radius 2 is 1.77 bits per heavy atom. The summed E-state index contributed by atoms with van der Waals surface area (Å²) in [6.45, 7) is 13.0. The molecule has 6 heteroatoms. The molecule has 146 valence electrons. The van der Waals surface area contributed by atoms with Crippen LogP contribution in [0.3, 0.4) is 0 Å². The fourth-order valence-corrected chi connectivity index (χ4v) is 2.93. The first kappa shape index (κ1) is 20.5. The molecule has 1 saturated heterocycles. The van der Waals surface area contributed by atoms with Gasteiger partial charge in [0, 0.05) is 45.3 Å². The Hall–Kier alpha value is -1.79. The molecule has 0 aromatic heterocycles. The largest absolute Gasteiger partial charge is 0.497 e. The number of amides is 1. The summed E-state index contributed by atoms with van der Waals surface area (Å²) in [5.41, 5.74) is 0.816. The standard InChI is InChI=1S/C20H33N3O3/c1-16(17-6-8-18(25-5)9-7-17)21-10-11-22-12-14-23(15-13-22)19(24)26-20(2,3)4/h6-9,16,21H,10-15H2,1-5H3/t16-/m1/s1. The van der Waals surface area contributed by atoms with Crippen LogP contribution in [0.4, 0.5) is 4.79 Å². The maximum Gasteiger partial charge on any atom is 0.410 e. The minimum absolute atomic E-state index is 0.205. The predicted octanol–water partition coefficient (Wildman–Crippen LogP) is 2.90. The number of carbonyl (C=O) groups excluding carboxylic acids is 1. The van der Waals surface area contributed by atoms with Crippen LogP contribution in [0.2, 0.25) is 0 Å². The van der Waals surface area contributed by atoms with E-state index in [-0.39, 0.29) is 6.09 Å². The van der Waals surface area contributed by atoms with Crippen molar-refractivity contribution < 1.29 is 14.3 Å². The molecule has 1 atom stereocenters. The van der Waals surface area contributed by atoms with Crippen LogP contribution < -0.4 is 10.1 Å². The number of rotatable bonds is 6. The van der Waals surface area contributed by atoms with Gasteiger partial charge in [0.2, 0.25) is 0 Å². The van der Waals surface area contributed by atoms with E-state index in [0.717, 1.165) is 45.0 Å². The molecule has 1 aliphatic heterocycles. The highest BCUT2D eigenvalue weighted by Gasteiger charge is 2.25. The summed E-state index contributed by atoms with van der Waals surface area (Å²) in [7, 11) is 1.68. The minimum atomic E-state index is -0.435. The van der Waals surface area contributed by atoms with Crippen molar-refractivity contribution in [3.8, 4) is 5.75 Å². The molecule has 1 heterocycles. The molecular formula is C20H33N3O3. The average molecular weight is 364 g/mol. The number of ether oxygens (including phenoxy) is 2. The summed E-state index contributed by atoms with van der Waals surface area (Å²) >= 11 is 0. The van der Waals surface area contributed by atoms with Gasteiger partial charge in [0.25, 0.3) is 0 Å². The highest BCUT2D eigenvalue weighted by atomic mass is 16.6. The molecule has 0 unspecified atom stereocenters. The summed E-state index contributed by atoms with van der Waals surface area (Å²) in [4.78, 5) is 16.3. The Morgan fingerprint density at radius 1 is 1.15 bits per heavy atom.